The Kier molecular flexibility index (Phi) is 2.48. The van der Waals surface area contributed by atoms with E-state index < -0.39 is 0 Å². The summed E-state index contributed by atoms with van der Waals surface area (Å²) >= 11 is 1.47. The Bertz CT molecular complexity index is 576. The Morgan fingerprint density at radius 1 is 1.50 bits per heavy atom. The Morgan fingerprint density at radius 3 is 3.06 bits per heavy atom. The first-order chi connectivity index (χ1) is 8.66. The SMILES string of the molecule is CN1C(=O)CC(=O)C2=C1C=NC(c1cncs1)N2. The van der Waals surface area contributed by atoms with Crippen LogP contribution in [0.5, 0.6) is 0 Å². The highest BCUT2D eigenvalue weighted by molar-refractivity contribution is 7.09. The Hall–Kier alpha value is -2.02. The largest absolute Gasteiger partial charge is 0.355 e. The smallest absolute Gasteiger partial charge is 0.234 e. The van der Waals surface area contributed by atoms with Gasteiger partial charge in [-0.25, -0.2) is 0 Å². The number of nitrogens with zero attached hydrogens (tertiary/aromatic N) is 3. The Balaban J connectivity index is 1.95. The van der Waals surface area contributed by atoms with Crippen LogP contribution in [0.15, 0.2) is 28.1 Å². The fourth-order valence-electron chi connectivity index (χ4n) is 1.92. The second-order valence-corrected chi connectivity index (χ2v) is 4.96. The summed E-state index contributed by atoms with van der Waals surface area (Å²) in [6.45, 7) is 0. The van der Waals surface area contributed by atoms with Gasteiger partial charge in [-0.1, -0.05) is 0 Å². The molecule has 1 atom stereocenters. The van der Waals surface area contributed by atoms with Crippen molar-refractivity contribution in [3.8, 4) is 0 Å². The monoisotopic (exact) mass is 262 g/mol. The van der Waals surface area contributed by atoms with Crippen LogP contribution in [-0.4, -0.2) is 34.8 Å². The van der Waals surface area contributed by atoms with Gasteiger partial charge in [-0.3, -0.25) is 19.6 Å². The van der Waals surface area contributed by atoms with Crippen LogP contribution < -0.4 is 5.32 Å². The van der Waals surface area contributed by atoms with Crippen LogP contribution in [0.2, 0.25) is 0 Å². The van der Waals surface area contributed by atoms with Gasteiger partial charge in [0.1, 0.15) is 5.70 Å². The summed E-state index contributed by atoms with van der Waals surface area (Å²) in [5.74, 6) is -0.392. The first kappa shape index (κ1) is 11.1. The van der Waals surface area contributed by atoms with Crippen LogP contribution in [0.4, 0.5) is 0 Å². The van der Waals surface area contributed by atoms with Gasteiger partial charge in [0.25, 0.3) is 0 Å². The van der Waals surface area contributed by atoms with Crippen molar-refractivity contribution in [1.82, 2.24) is 15.2 Å². The van der Waals surface area contributed by atoms with E-state index in [0.29, 0.717) is 11.4 Å². The van der Waals surface area contributed by atoms with Crippen molar-refractivity contribution in [2.75, 3.05) is 7.05 Å². The van der Waals surface area contributed by atoms with E-state index in [0.717, 1.165) is 4.88 Å². The van der Waals surface area contributed by atoms with E-state index in [2.05, 4.69) is 15.3 Å². The Labute approximate surface area is 107 Å². The number of carbonyl (C=O) groups is 2. The number of amides is 1. The molecule has 1 amide bonds. The lowest BCUT2D eigenvalue weighted by molar-refractivity contribution is -0.133. The molecule has 0 saturated heterocycles. The highest BCUT2D eigenvalue weighted by Gasteiger charge is 2.33. The molecule has 0 fully saturated rings. The van der Waals surface area contributed by atoms with Crippen LogP contribution in [0.3, 0.4) is 0 Å². The maximum Gasteiger partial charge on any atom is 0.234 e. The molecule has 0 spiro atoms. The normalized spacial score (nSPS) is 23.2. The zero-order valence-electron chi connectivity index (χ0n) is 9.58. The standard InChI is InChI=1S/C11H10N4O2S/c1-15-6-3-13-11(8-4-12-5-18-8)14-10(6)7(16)2-9(15)17/h3-5,11,14H,2H2,1H3. The molecule has 3 heterocycles. The first-order valence-corrected chi connectivity index (χ1v) is 6.27. The molecule has 18 heavy (non-hydrogen) atoms. The number of thiazole rings is 1. The predicted molar refractivity (Wildman–Crippen MR) is 65.9 cm³/mol. The number of ketones is 1. The summed E-state index contributed by atoms with van der Waals surface area (Å²) in [5, 5.41) is 3.07. The Morgan fingerprint density at radius 2 is 2.33 bits per heavy atom. The summed E-state index contributed by atoms with van der Waals surface area (Å²) in [5.41, 5.74) is 2.72. The van der Waals surface area contributed by atoms with Crippen molar-refractivity contribution in [2.45, 2.75) is 12.6 Å². The minimum atomic E-state index is -0.290. The molecule has 0 saturated carbocycles. The quantitative estimate of drug-likeness (QED) is 0.746. The van der Waals surface area contributed by atoms with Crippen LogP contribution in [0.25, 0.3) is 0 Å². The van der Waals surface area contributed by atoms with Crippen LogP contribution in [-0.2, 0) is 9.59 Å². The average molecular weight is 262 g/mol. The molecule has 1 N–H and O–H groups in total. The molecule has 2 aliphatic rings. The molecule has 6 nitrogen and oxygen atoms in total. The molecule has 1 unspecified atom stereocenters. The average Bonchev–Trinajstić information content (AvgIpc) is 2.89. The van der Waals surface area contributed by atoms with Gasteiger partial charge in [-0.05, 0) is 0 Å². The topological polar surface area (TPSA) is 74.7 Å². The van der Waals surface area contributed by atoms with Crippen LogP contribution in [0.1, 0.15) is 17.5 Å². The van der Waals surface area contributed by atoms with Crippen molar-refractivity contribution >= 4 is 29.2 Å². The molecular formula is C11H10N4O2S. The summed E-state index contributed by atoms with van der Waals surface area (Å²) in [7, 11) is 1.64. The third kappa shape index (κ3) is 1.63. The zero-order valence-corrected chi connectivity index (χ0v) is 10.4. The second-order valence-electron chi connectivity index (χ2n) is 4.04. The van der Waals surface area contributed by atoms with Gasteiger partial charge in [0.05, 0.1) is 28.7 Å². The van der Waals surface area contributed by atoms with Crippen molar-refractivity contribution in [2.24, 2.45) is 4.99 Å². The maximum absolute atomic E-state index is 11.9. The molecule has 0 bridgehead atoms. The molecule has 1 aromatic heterocycles. The number of aliphatic imine (C=N–C) groups is 1. The summed E-state index contributed by atoms with van der Waals surface area (Å²) in [6.07, 6.45) is 2.91. The molecule has 92 valence electrons. The number of carbonyl (C=O) groups excluding carboxylic acids is 2. The number of hydrogen-bond donors (Lipinski definition) is 1. The minimum Gasteiger partial charge on any atom is -0.355 e. The molecular weight excluding hydrogens is 252 g/mol. The lowest BCUT2D eigenvalue weighted by Gasteiger charge is -2.30. The van der Waals surface area contributed by atoms with Crippen molar-refractivity contribution < 1.29 is 9.59 Å². The molecule has 3 rings (SSSR count). The zero-order chi connectivity index (χ0) is 12.7. The molecule has 2 aliphatic heterocycles. The summed E-state index contributed by atoms with van der Waals surface area (Å²) in [4.78, 5) is 34.1. The van der Waals surface area contributed by atoms with Gasteiger partial charge in [-0.15, -0.1) is 11.3 Å². The minimum absolute atomic E-state index is 0.0917. The highest BCUT2D eigenvalue weighted by atomic mass is 32.1. The predicted octanol–water partition coefficient (Wildman–Crippen LogP) is 0.458. The van der Waals surface area contributed by atoms with E-state index in [9.17, 15) is 9.59 Å². The lowest BCUT2D eigenvalue weighted by atomic mass is 10.1. The van der Waals surface area contributed by atoms with Crippen molar-refractivity contribution in [3.05, 3.63) is 28.0 Å². The van der Waals surface area contributed by atoms with Crippen molar-refractivity contribution in [3.63, 3.8) is 0 Å². The van der Waals surface area contributed by atoms with E-state index in [1.165, 1.54) is 16.2 Å². The number of rotatable bonds is 1. The van der Waals surface area contributed by atoms with Gasteiger partial charge in [0, 0.05) is 13.2 Å². The van der Waals surface area contributed by atoms with Gasteiger partial charge in [0.15, 0.2) is 11.9 Å². The fraction of sp³-hybridized carbons (Fsp3) is 0.273. The van der Waals surface area contributed by atoms with E-state index in [1.807, 2.05) is 0 Å². The molecule has 0 aliphatic carbocycles. The highest BCUT2D eigenvalue weighted by Crippen LogP contribution is 2.27. The number of Topliss-reactive ketones (excluding diaryl/α,β-unsaturated/α-hetero) is 1. The third-order valence-corrected chi connectivity index (χ3v) is 3.76. The van der Waals surface area contributed by atoms with E-state index >= 15 is 0 Å². The number of aromatic nitrogens is 1. The van der Waals surface area contributed by atoms with E-state index in [4.69, 9.17) is 0 Å². The molecule has 0 aromatic carbocycles. The van der Waals surface area contributed by atoms with Gasteiger partial charge < -0.3 is 10.2 Å². The van der Waals surface area contributed by atoms with E-state index in [-0.39, 0.29) is 24.3 Å². The van der Waals surface area contributed by atoms with Gasteiger partial charge in [0.2, 0.25) is 5.91 Å². The van der Waals surface area contributed by atoms with Crippen LogP contribution >= 0.6 is 11.3 Å². The lowest BCUT2D eigenvalue weighted by Crippen LogP contribution is -2.42. The van der Waals surface area contributed by atoms with Gasteiger partial charge in [-0.2, -0.15) is 0 Å². The molecule has 7 heteroatoms. The maximum atomic E-state index is 11.9. The third-order valence-electron chi connectivity index (χ3n) is 2.93. The summed E-state index contributed by atoms with van der Waals surface area (Å²) in [6, 6.07) is 0. The summed E-state index contributed by atoms with van der Waals surface area (Å²) < 4.78 is 0. The number of nitrogens with one attached hydrogen (secondary N) is 1. The van der Waals surface area contributed by atoms with Gasteiger partial charge >= 0.3 is 0 Å². The number of allylic oxidation sites excluding steroid dienone is 2. The first-order valence-electron chi connectivity index (χ1n) is 5.39. The molecule has 0 radical (unpaired) electrons. The fourth-order valence-corrected chi connectivity index (χ4v) is 2.53. The van der Waals surface area contributed by atoms with Crippen molar-refractivity contribution in [1.29, 1.82) is 0 Å². The molecule has 1 aromatic rings. The number of hydrogen-bond acceptors (Lipinski definition) is 6. The van der Waals surface area contributed by atoms with Crippen LogP contribution in [0, 0.1) is 0 Å². The second kappa shape index (κ2) is 4.02. The van der Waals surface area contributed by atoms with E-state index in [1.54, 1.807) is 25.0 Å².